The summed E-state index contributed by atoms with van der Waals surface area (Å²) in [5.41, 5.74) is 0. The number of piperazine rings is 1. The average molecular weight is 214 g/mol. The highest BCUT2D eigenvalue weighted by Gasteiger charge is 2.38. The zero-order valence-corrected chi connectivity index (χ0v) is 8.72. The van der Waals surface area contributed by atoms with Crippen LogP contribution in [-0.4, -0.2) is 58.9 Å². The molecular formula is C10H18N2O3. The van der Waals surface area contributed by atoms with E-state index in [0.29, 0.717) is 6.54 Å². The number of carbonyl (C=O) groups is 1. The molecule has 3 N–H and O–H groups in total. The highest BCUT2D eigenvalue weighted by atomic mass is 16.4. The van der Waals surface area contributed by atoms with E-state index in [1.54, 1.807) is 0 Å². The summed E-state index contributed by atoms with van der Waals surface area (Å²) in [7, 11) is 0. The van der Waals surface area contributed by atoms with Gasteiger partial charge >= 0.3 is 5.97 Å². The van der Waals surface area contributed by atoms with Crippen LogP contribution >= 0.6 is 0 Å². The van der Waals surface area contributed by atoms with Gasteiger partial charge < -0.3 is 15.5 Å². The van der Waals surface area contributed by atoms with E-state index in [9.17, 15) is 9.90 Å². The minimum atomic E-state index is -0.790. The van der Waals surface area contributed by atoms with E-state index in [1.807, 2.05) is 4.90 Å². The Hall–Kier alpha value is -0.650. The fourth-order valence-electron chi connectivity index (χ4n) is 2.65. The summed E-state index contributed by atoms with van der Waals surface area (Å²) in [6.45, 7) is 2.02. The molecule has 1 heterocycles. The number of hydrogen-bond acceptors (Lipinski definition) is 4. The van der Waals surface area contributed by atoms with Crippen LogP contribution < -0.4 is 5.32 Å². The molecule has 5 nitrogen and oxygen atoms in total. The second-order valence-corrected chi connectivity index (χ2v) is 4.36. The second kappa shape index (κ2) is 4.47. The maximum absolute atomic E-state index is 11.1. The summed E-state index contributed by atoms with van der Waals surface area (Å²) >= 11 is 0. The maximum atomic E-state index is 11.1. The largest absolute Gasteiger partial charge is 0.480 e. The average Bonchev–Trinajstić information content (AvgIpc) is 2.64. The van der Waals surface area contributed by atoms with Crippen LogP contribution in [0.15, 0.2) is 0 Å². The molecule has 0 bridgehead atoms. The van der Waals surface area contributed by atoms with E-state index in [4.69, 9.17) is 5.11 Å². The van der Waals surface area contributed by atoms with Gasteiger partial charge in [-0.25, -0.2) is 0 Å². The lowest BCUT2D eigenvalue weighted by molar-refractivity contribution is -0.146. The summed E-state index contributed by atoms with van der Waals surface area (Å²) in [6, 6.07) is -0.426. The predicted octanol–water partition coefficient (Wildman–Crippen LogP) is -0.742. The molecule has 1 saturated carbocycles. The molecular weight excluding hydrogens is 196 g/mol. The topological polar surface area (TPSA) is 72.8 Å². The minimum absolute atomic E-state index is 0.0493. The number of nitrogens with zero attached hydrogens (tertiary/aromatic N) is 1. The van der Waals surface area contributed by atoms with E-state index in [1.165, 1.54) is 0 Å². The van der Waals surface area contributed by atoms with Crippen LogP contribution in [0.4, 0.5) is 0 Å². The van der Waals surface area contributed by atoms with Gasteiger partial charge in [-0.3, -0.25) is 9.69 Å². The minimum Gasteiger partial charge on any atom is -0.480 e. The quantitative estimate of drug-likeness (QED) is 0.564. The molecule has 86 valence electrons. The van der Waals surface area contributed by atoms with Gasteiger partial charge in [0.15, 0.2) is 0 Å². The normalized spacial score (nSPS) is 38.1. The van der Waals surface area contributed by atoms with Gasteiger partial charge in [-0.05, 0) is 19.3 Å². The lowest BCUT2D eigenvalue weighted by Crippen LogP contribution is -2.59. The number of carboxylic acids is 1. The number of aliphatic carboxylic acids is 1. The zero-order valence-electron chi connectivity index (χ0n) is 8.72. The number of nitrogens with one attached hydrogen (secondary N) is 1. The molecule has 0 aromatic rings. The molecule has 3 unspecified atom stereocenters. The van der Waals surface area contributed by atoms with E-state index in [2.05, 4.69) is 5.32 Å². The Balaban J connectivity index is 2.06. The fraction of sp³-hybridized carbons (Fsp3) is 0.900. The molecule has 1 aliphatic heterocycles. The monoisotopic (exact) mass is 214 g/mol. The van der Waals surface area contributed by atoms with Crippen LogP contribution in [-0.2, 0) is 4.79 Å². The second-order valence-electron chi connectivity index (χ2n) is 4.36. The number of aliphatic hydroxyl groups excluding tert-OH is 1. The first-order valence-corrected chi connectivity index (χ1v) is 5.57. The van der Waals surface area contributed by atoms with Crippen molar-refractivity contribution in [3.05, 3.63) is 0 Å². The van der Waals surface area contributed by atoms with Crippen molar-refractivity contribution in [3.63, 3.8) is 0 Å². The van der Waals surface area contributed by atoms with Crippen LogP contribution in [0.25, 0.3) is 0 Å². The predicted molar refractivity (Wildman–Crippen MR) is 54.6 cm³/mol. The van der Waals surface area contributed by atoms with Crippen molar-refractivity contribution in [1.29, 1.82) is 0 Å². The van der Waals surface area contributed by atoms with Crippen LogP contribution in [0.1, 0.15) is 19.3 Å². The number of aliphatic hydroxyl groups is 1. The van der Waals surface area contributed by atoms with E-state index < -0.39 is 12.0 Å². The van der Waals surface area contributed by atoms with E-state index >= 15 is 0 Å². The Morgan fingerprint density at radius 3 is 2.80 bits per heavy atom. The molecule has 15 heavy (non-hydrogen) atoms. The van der Waals surface area contributed by atoms with Gasteiger partial charge in [0.1, 0.15) is 6.04 Å². The summed E-state index contributed by atoms with van der Waals surface area (Å²) in [6.07, 6.45) is 2.39. The Labute approximate surface area is 89.1 Å². The smallest absolute Gasteiger partial charge is 0.322 e. The standard InChI is InChI=1S/C10H18N2O3/c13-9-3-1-2-7(9)12-5-4-11-6-8(12)10(14)15/h7-9,11,13H,1-6H2,(H,14,15). The molecule has 5 heteroatoms. The third-order valence-corrected chi connectivity index (χ3v) is 3.44. The molecule has 0 amide bonds. The number of rotatable bonds is 2. The third kappa shape index (κ3) is 2.14. The van der Waals surface area contributed by atoms with Gasteiger partial charge in [-0.2, -0.15) is 0 Å². The van der Waals surface area contributed by atoms with Gasteiger partial charge in [0.25, 0.3) is 0 Å². The fourth-order valence-corrected chi connectivity index (χ4v) is 2.65. The Bertz CT molecular complexity index is 247. The lowest BCUT2D eigenvalue weighted by Gasteiger charge is -2.39. The molecule has 1 saturated heterocycles. The molecule has 0 aromatic carbocycles. The number of hydrogen-bond donors (Lipinski definition) is 3. The van der Waals surface area contributed by atoms with Crippen LogP contribution in [0, 0.1) is 0 Å². The van der Waals surface area contributed by atoms with Crippen molar-refractivity contribution in [2.24, 2.45) is 0 Å². The van der Waals surface area contributed by atoms with Gasteiger partial charge in [0.05, 0.1) is 6.10 Å². The van der Waals surface area contributed by atoms with Gasteiger partial charge in [0, 0.05) is 25.7 Å². The zero-order chi connectivity index (χ0) is 10.8. The molecule has 0 spiro atoms. The molecule has 2 rings (SSSR count). The van der Waals surface area contributed by atoms with E-state index in [0.717, 1.165) is 32.4 Å². The molecule has 0 aromatic heterocycles. The highest BCUT2D eigenvalue weighted by Crippen LogP contribution is 2.26. The van der Waals surface area contributed by atoms with Crippen molar-refractivity contribution in [1.82, 2.24) is 10.2 Å². The van der Waals surface area contributed by atoms with Crippen molar-refractivity contribution in [2.75, 3.05) is 19.6 Å². The van der Waals surface area contributed by atoms with E-state index in [-0.39, 0.29) is 12.1 Å². The summed E-state index contributed by atoms with van der Waals surface area (Å²) in [5, 5.41) is 22.0. The molecule has 2 aliphatic rings. The first-order chi connectivity index (χ1) is 7.20. The van der Waals surface area contributed by atoms with Crippen molar-refractivity contribution in [3.8, 4) is 0 Å². The molecule has 0 radical (unpaired) electrons. The summed E-state index contributed by atoms with van der Waals surface area (Å²) < 4.78 is 0. The van der Waals surface area contributed by atoms with Gasteiger partial charge in [-0.1, -0.05) is 0 Å². The Morgan fingerprint density at radius 1 is 1.40 bits per heavy atom. The third-order valence-electron chi connectivity index (χ3n) is 3.44. The Kier molecular flexibility index (Phi) is 3.23. The summed E-state index contributed by atoms with van der Waals surface area (Å²) in [4.78, 5) is 13.0. The molecule has 1 aliphatic carbocycles. The Morgan fingerprint density at radius 2 is 2.20 bits per heavy atom. The molecule has 3 atom stereocenters. The van der Waals surface area contributed by atoms with Crippen molar-refractivity contribution in [2.45, 2.75) is 37.5 Å². The molecule has 2 fully saturated rings. The number of carboxylic acid groups (broad SMARTS) is 1. The van der Waals surface area contributed by atoms with Crippen molar-refractivity contribution >= 4 is 5.97 Å². The van der Waals surface area contributed by atoms with Gasteiger partial charge in [-0.15, -0.1) is 0 Å². The van der Waals surface area contributed by atoms with Gasteiger partial charge in [0.2, 0.25) is 0 Å². The van der Waals surface area contributed by atoms with Crippen LogP contribution in [0.3, 0.4) is 0 Å². The first-order valence-electron chi connectivity index (χ1n) is 5.57. The van der Waals surface area contributed by atoms with Crippen LogP contribution in [0.2, 0.25) is 0 Å². The maximum Gasteiger partial charge on any atom is 0.322 e. The first kappa shape index (κ1) is 10.9. The summed E-state index contributed by atoms with van der Waals surface area (Å²) in [5.74, 6) is -0.790. The highest BCUT2D eigenvalue weighted by molar-refractivity contribution is 5.74. The van der Waals surface area contributed by atoms with Crippen LogP contribution in [0.5, 0.6) is 0 Å². The van der Waals surface area contributed by atoms with Crippen molar-refractivity contribution < 1.29 is 15.0 Å². The lowest BCUT2D eigenvalue weighted by atomic mass is 10.1. The SMILES string of the molecule is O=C(O)C1CNCCN1C1CCCC1O.